The number of rotatable bonds is 7. The molecule has 0 spiro atoms. The van der Waals surface area contributed by atoms with Crippen molar-refractivity contribution in [2.24, 2.45) is 0 Å². The van der Waals surface area contributed by atoms with Crippen LogP contribution >= 0.6 is 0 Å². The molecular weight excluding hydrogens is 332 g/mol. The molecule has 1 aromatic heterocycles. The van der Waals surface area contributed by atoms with Gasteiger partial charge in [-0.3, -0.25) is 13.9 Å². The summed E-state index contributed by atoms with van der Waals surface area (Å²) in [7, 11) is 0. The average Bonchev–Trinajstić information content (AvgIpc) is 2.92. The van der Waals surface area contributed by atoms with Crippen LogP contribution in [0, 0.1) is 0 Å². The average molecular weight is 354 g/mol. The summed E-state index contributed by atoms with van der Waals surface area (Å²) in [5, 5.41) is 0. The molecule has 0 aliphatic carbocycles. The van der Waals surface area contributed by atoms with Crippen LogP contribution in [0.3, 0.4) is 0 Å². The van der Waals surface area contributed by atoms with Gasteiger partial charge in [0.25, 0.3) is 0 Å². The zero-order chi connectivity index (χ0) is 18.5. The minimum atomic E-state index is -0.405. The molecule has 6 nitrogen and oxygen atoms in total. The van der Waals surface area contributed by atoms with E-state index in [1.165, 1.54) is 0 Å². The zero-order valence-electron chi connectivity index (χ0n) is 15.0. The van der Waals surface area contributed by atoms with Gasteiger partial charge >= 0.3 is 11.7 Å². The number of carbonyl (C=O) groups excluding carboxylic acids is 1. The molecule has 0 fully saturated rings. The van der Waals surface area contributed by atoms with Gasteiger partial charge < -0.3 is 9.47 Å². The molecule has 0 amide bonds. The van der Waals surface area contributed by atoms with E-state index in [1.54, 1.807) is 27.3 Å². The number of hydrogen-bond donors (Lipinski definition) is 0. The van der Waals surface area contributed by atoms with Crippen LogP contribution in [0.1, 0.15) is 20.3 Å². The summed E-state index contributed by atoms with van der Waals surface area (Å²) in [6, 6.07) is 14.6. The lowest BCUT2D eigenvalue weighted by Crippen LogP contribution is -2.25. The molecule has 0 aliphatic heterocycles. The topological polar surface area (TPSA) is 62.5 Å². The Kier molecular flexibility index (Phi) is 5.41. The van der Waals surface area contributed by atoms with Crippen LogP contribution in [-0.4, -0.2) is 21.7 Å². The normalized spacial score (nSPS) is 10.8. The maximum Gasteiger partial charge on any atom is 0.329 e. The highest BCUT2D eigenvalue weighted by atomic mass is 16.6. The number of benzene rings is 2. The van der Waals surface area contributed by atoms with Gasteiger partial charge in [-0.1, -0.05) is 24.3 Å². The van der Waals surface area contributed by atoms with Crippen molar-refractivity contribution < 1.29 is 14.3 Å². The smallest absolute Gasteiger partial charge is 0.329 e. The van der Waals surface area contributed by atoms with Gasteiger partial charge in [0.2, 0.25) is 0 Å². The number of ether oxygens (including phenoxy) is 2. The highest BCUT2D eigenvalue weighted by Crippen LogP contribution is 2.26. The first-order valence-electron chi connectivity index (χ1n) is 8.76. The van der Waals surface area contributed by atoms with Crippen molar-refractivity contribution in [1.82, 2.24) is 9.13 Å². The highest BCUT2D eigenvalue weighted by Gasteiger charge is 2.14. The zero-order valence-corrected chi connectivity index (χ0v) is 15.0. The second kappa shape index (κ2) is 7.91. The van der Waals surface area contributed by atoms with Crippen LogP contribution in [-0.2, 0) is 17.9 Å². The SMILES string of the molecule is CCOc1ccccc1OC(=O)CCn1c(=O)n(CC)c2ccccc21. The molecule has 6 heteroatoms. The van der Waals surface area contributed by atoms with Crippen LogP contribution in [0.4, 0.5) is 0 Å². The Morgan fingerprint density at radius 2 is 1.54 bits per heavy atom. The van der Waals surface area contributed by atoms with Crippen molar-refractivity contribution in [3.8, 4) is 11.5 Å². The van der Waals surface area contributed by atoms with Gasteiger partial charge in [-0.05, 0) is 38.1 Å². The fourth-order valence-electron chi connectivity index (χ4n) is 2.98. The van der Waals surface area contributed by atoms with Gasteiger partial charge in [-0.2, -0.15) is 0 Å². The van der Waals surface area contributed by atoms with E-state index < -0.39 is 5.97 Å². The standard InChI is InChI=1S/C20H22N2O4/c1-3-21-15-9-5-6-10-16(15)22(20(21)24)14-13-19(23)26-18-12-8-7-11-17(18)25-4-2/h5-12H,3-4,13-14H2,1-2H3. The molecular formula is C20H22N2O4. The lowest BCUT2D eigenvalue weighted by molar-refractivity contribution is -0.134. The summed E-state index contributed by atoms with van der Waals surface area (Å²) in [6.45, 7) is 5.13. The summed E-state index contributed by atoms with van der Waals surface area (Å²) in [4.78, 5) is 24.8. The summed E-state index contributed by atoms with van der Waals surface area (Å²) < 4.78 is 14.2. The third-order valence-electron chi connectivity index (χ3n) is 4.15. The maximum atomic E-state index is 12.6. The molecule has 0 saturated heterocycles. The first-order valence-corrected chi connectivity index (χ1v) is 8.76. The molecule has 1 heterocycles. The van der Waals surface area contributed by atoms with Crippen molar-refractivity contribution in [2.75, 3.05) is 6.61 Å². The van der Waals surface area contributed by atoms with Gasteiger partial charge in [0.15, 0.2) is 11.5 Å². The Labute approximate surface area is 151 Å². The van der Waals surface area contributed by atoms with Crippen LogP contribution in [0.25, 0.3) is 11.0 Å². The molecule has 0 unspecified atom stereocenters. The molecule has 0 aliphatic rings. The largest absolute Gasteiger partial charge is 0.490 e. The molecule has 26 heavy (non-hydrogen) atoms. The summed E-state index contributed by atoms with van der Waals surface area (Å²) in [5.41, 5.74) is 1.58. The van der Waals surface area contributed by atoms with Crippen molar-refractivity contribution in [3.63, 3.8) is 0 Å². The molecule has 0 bridgehead atoms. The third kappa shape index (κ3) is 3.49. The number of carbonyl (C=O) groups is 1. The second-order valence-corrected chi connectivity index (χ2v) is 5.77. The van der Waals surface area contributed by atoms with Crippen LogP contribution < -0.4 is 15.2 Å². The van der Waals surface area contributed by atoms with E-state index in [1.807, 2.05) is 44.2 Å². The number of nitrogens with zero attached hydrogens (tertiary/aromatic N) is 2. The van der Waals surface area contributed by atoms with E-state index in [0.717, 1.165) is 11.0 Å². The Bertz CT molecular complexity index is 971. The first kappa shape index (κ1) is 17.8. The van der Waals surface area contributed by atoms with Gasteiger partial charge in [-0.15, -0.1) is 0 Å². The fraction of sp³-hybridized carbons (Fsp3) is 0.300. The second-order valence-electron chi connectivity index (χ2n) is 5.77. The molecule has 2 aromatic carbocycles. The molecule has 0 N–H and O–H groups in total. The summed E-state index contributed by atoms with van der Waals surface area (Å²) >= 11 is 0. The number of aromatic nitrogens is 2. The van der Waals surface area contributed by atoms with E-state index in [2.05, 4.69) is 0 Å². The lowest BCUT2D eigenvalue weighted by atomic mass is 10.3. The fourth-order valence-corrected chi connectivity index (χ4v) is 2.98. The Balaban J connectivity index is 1.76. The Morgan fingerprint density at radius 1 is 0.923 bits per heavy atom. The maximum absolute atomic E-state index is 12.6. The molecule has 3 aromatic rings. The van der Waals surface area contributed by atoms with Gasteiger partial charge in [0, 0.05) is 13.1 Å². The van der Waals surface area contributed by atoms with Gasteiger partial charge in [0.1, 0.15) is 0 Å². The Morgan fingerprint density at radius 3 is 2.19 bits per heavy atom. The molecule has 0 radical (unpaired) electrons. The van der Waals surface area contributed by atoms with Crippen LogP contribution in [0.15, 0.2) is 53.3 Å². The van der Waals surface area contributed by atoms with E-state index in [0.29, 0.717) is 24.7 Å². The minimum absolute atomic E-state index is 0.0953. The summed E-state index contributed by atoms with van der Waals surface area (Å²) in [6.07, 6.45) is 0.0953. The van der Waals surface area contributed by atoms with E-state index >= 15 is 0 Å². The number of hydrogen-bond acceptors (Lipinski definition) is 4. The number of para-hydroxylation sites is 4. The van der Waals surface area contributed by atoms with E-state index in [4.69, 9.17) is 9.47 Å². The number of aryl methyl sites for hydroxylation is 2. The predicted molar refractivity (Wildman–Crippen MR) is 99.7 cm³/mol. The number of esters is 1. The molecule has 0 atom stereocenters. The van der Waals surface area contributed by atoms with Crippen molar-refractivity contribution in [2.45, 2.75) is 33.4 Å². The first-order chi connectivity index (χ1) is 12.7. The molecule has 136 valence electrons. The van der Waals surface area contributed by atoms with Gasteiger partial charge in [0.05, 0.1) is 24.1 Å². The lowest BCUT2D eigenvalue weighted by Gasteiger charge is -2.10. The number of imidazole rings is 1. The van der Waals surface area contributed by atoms with Crippen LogP contribution in [0.5, 0.6) is 11.5 Å². The van der Waals surface area contributed by atoms with Crippen LogP contribution in [0.2, 0.25) is 0 Å². The van der Waals surface area contributed by atoms with E-state index in [9.17, 15) is 9.59 Å². The quantitative estimate of drug-likeness (QED) is 0.483. The van der Waals surface area contributed by atoms with E-state index in [-0.39, 0.29) is 18.7 Å². The Hall–Kier alpha value is -3.02. The third-order valence-corrected chi connectivity index (χ3v) is 4.15. The molecule has 3 rings (SSSR count). The van der Waals surface area contributed by atoms with Crippen molar-refractivity contribution in [3.05, 3.63) is 59.0 Å². The predicted octanol–water partition coefficient (Wildman–Crippen LogP) is 3.22. The molecule has 0 saturated carbocycles. The summed E-state index contributed by atoms with van der Waals surface area (Å²) in [5.74, 6) is 0.517. The monoisotopic (exact) mass is 354 g/mol. The van der Waals surface area contributed by atoms with Crippen molar-refractivity contribution in [1.29, 1.82) is 0 Å². The highest BCUT2D eigenvalue weighted by molar-refractivity contribution is 5.77. The van der Waals surface area contributed by atoms with Gasteiger partial charge in [-0.25, -0.2) is 4.79 Å². The van der Waals surface area contributed by atoms with Crippen molar-refractivity contribution >= 4 is 17.0 Å². The minimum Gasteiger partial charge on any atom is -0.490 e. The number of fused-ring (bicyclic) bond motifs is 1.